The Morgan fingerprint density at radius 3 is 2.50 bits per heavy atom. The van der Waals surface area contributed by atoms with Crippen LogP contribution >= 0.6 is 0 Å². The highest BCUT2D eigenvalue weighted by atomic mass is 16.5. The normalized spacial score (nSPS) is 21.6. The number of carbonyl (C=O) groups excluding carboxylic acids is 2. The zero-order chi connectivity index (χ0) is 23.7. The van der Waals surface area contributed by atoms with E-state index in [9.17, 15) is 9.59 Å². The Morgan fingerprint density at radius 2 is 1.74 bits per heavy atom. The van der Waals surface area contributed by atoms with Crippen LogP contribution in [0.3, 0.4) is 0 Å². The van der Waals surface area contributed by atoms with E-state index in [4.69, 9.17) is 4.74 Å². The molecular formula is C28H33N3O3. The lowest BCUT2D eigenvalue weighted by Crippen LogP contribution is -2.65. The second kappa shape index (κ2) is 9.16. The Kier molecular flexibility index (Phi) is 6.07. The van der Waals surface area contributed by atoms with Crippen molar-refractivity contribution < 1.29 is 14.3 Å². The first-order valence-electron chi connectivity index (χ1n) is 12.4. The summed E-state index contributed by atoms with van der Waals surface area (Å²) in [7, 11) is 1.61. The van der Waals surface area contributed by atoms with Gasteiger partial charge in [0.15, 0.2) is 0 Å². The van der Waals surface area contributed by atoms with Crippen molar-refractivity contribution in [2.24, 2.45) is 0 Å². The molecule has 1 aromatic heterocycles. The number of hydrogen-bond acceptors (Lipinski definition) is 3. The number of anilines is 1. The van der Waals surface area contributed by atoms with Gasteiger partial charge in [-0.15, -0.1) is 0 Å². The second-order valence-corrected chi connectivity index (χ2v) is 9.81. The predicted octanol–water partition coefficient (Wildman–Crippen LogP) is 5.30. The number of rotatable bonds is 4. The lowest BCUT2D eigenvalue weighted by atomic mass is 9.91. The van der Waals surface area contributed by atoms with Gasteiger partial charge in [0.2, 0.25) is 5.91 Å². The second-order valence-electron chi connectivity index (χ2n) is 9.81. The van der Waals surface area contributed by atoms with Crippen LogP contribution in [0.4, 0.5) is 5.69 Å². The quantitative estimate of drug-likeness (QED) is 0.576. The first kappa shape index (κ1) is 22.5. The van der Waals surface area contributed by atoms with Crippen LogP contribution in [-0.4, -0.2) is 35.1 Å². The molecular weight excluding hydrogens is 426 g/mol. The first-order chi connectivity index (χ1) is 16.5. The van der Waals surface area contributed by atoms with Gasteiger partial charge in [0.25, 0.3) is 5.91 Å². The van der Waals surface area contributed by atoms with Crippen LogP contribution in [-0.2, 0) is 11.3 Å². The highest BCUT2D eigenvalue weighted by molar-refractivity contribution is 6.14. The first-order valence-corrected chi connectivity index (χ1v) is 12.4. The molecule has 1 saturated carbocycles. The Hall–Kier alpha value is -3.28. The van der Waals surface area contributed by atoms with Gasteiger partial charge in [-0.3, -0.25) is 14.5 Å². The third-order valence-electron chi connectivity index (χ3n) is 7.43. The minimum absolute atomic E-state index is 0.0994. The van der Waals surface area contributed by atoms with E-state index < -0.39 is 5.54 Å². The minimum atomic E-state index is -1.08. The Balaban J connectivity index is 1.57. The highest BCUT2D eigenvalue weighted by Gasteiger charge is 2.49. The monoisotopic (exact) mass is 459 g/mol. The zero-order valence-corrected chi connectivity index (χ0v) is 20.0. The number of amides is 2. The summed E-state index contributed by atoms with van der Waals surface area (Å²) in [4.78, 5) is 29.6. The Morgan fingerprint density at radius 1 is 1.00 bits per heavy atom. The fraction of sp³-hybridized carbons (Fsp3) is 0.429. The van der Waals surface area contributed by atoms with E-state index in [1.165, 1.54) is 19.3 Å². The smallest absolute Gasteiger partial charge is 0.275 e. The van der Waals surface area contributed by atoms with Crippen LogP contribution in [0.2, 0.25) is 0 Å². The number of fused-ring (bicyclic) bond motifs is 3. The molecule has 0 saturated heterocycles. The largest absolute Gasteiger partial charge is 0.497 e. The number of carbonyl (C=O) groups is 2. The molecule has 1 N–H and O–H groups in total. The van der Waals surface area contributed by atoms with Gasteiger partial charge in [0.05, 0.1) is 13.7 Å². The van der Waals surface area contributed by atoms with Crippen molar-refractivity contribution in [3.63, 3.8) is 0 Å². The SMILES string of the molecule is COc1cccc(N2C(=O)c3cc4ccccc4n3CC2(C)C(=O)NC2CCCCCCC2)c1. The number of aromatic nitrogens is 1. The molecule has 2 aromatic carbocycles. The zero-order valence-electron chi connectivity index (χ0n) is 20.0. The summed E-state index contributed by atoms with van der Waals surface area (Å²) in [6.45, 7) is 2.28. The van der Waals surface area contributed by atoms with E-state index in [2.05, 4.69) is 5.32 Å². The van der Waals surface area contributed by atoms with Gasteiger partial charge >= 0.3 is 0 Å². The van der Waals surface area contributed by atoms with Gasteiger partial charge in [-0.05, 0) is 44.0 Å². The van der Waals surface area contributed by atoms with Crippen molar-refractivity contribution in [2.75, 3.05) is 12.0 Å². The topological polar surface area (TPSA) is 63.6 Å². The average molecular weight is 460 g/mol. The van der Waals surface area contributed by atoms with Gasteiger partial charge < -0.3 is 14.6 Å². The van der Waals surface area contributed by atoms with Crippen LogP contribution in [0.25, 0.3) is 10.9 Å². The molecule has 34 heavy (non-hydrogen) atoms. The Labute approximate surface area is 200 Å². The van der Waals surface area contributed by atoms with Crippen molar-refractivity contribution >= 4 is 28.4 Å². The molecule has 2 aliphatic rings. The summed E-state index contributed by atoms with van der Waals surface area (Å²) >= 11 is 0. The lowest BCUT2D eigenvalue weighted by molar-refractivity contribution is -0.127. The number of benzene rings is 2. The molecule has 0 spiro atoms. The van der Waals surface area contributed by atoms with Crippen molar-refractivity contribution in [3.8, 4) is 5.75 Å². The number of nitrogens with zero attached hydrogens (tertiary/aromatic N) is 2. The average Bonchev–Trinajstić information content (AvgIpc) is 3.19. The molecule has 3 aromatic rings. The summed E-state index contributed by atoms with van der Waals surface area (Å²) in [5.74, 6) is 0.378. The van der Waals surface area contributed by atoms with Crippen molar-refractivity contribution in [1.29, 1.82) is 0 Å². The molecule has 0 radical (unpaired) electrons. The minimum Gasteiger partial charge on any atom is -0.497 e. The van der Waals surface area contributed by atoms with Gasteiger partial charge in [-0.25, -0.2) is 0 Å². The fourth-order valence-electron chi connectivity index (χ4n) is 5.54. The molecule has 1 fully saturated rings. The van der Waals surface area contributed by atoms with Gasteiger partial charge in [0, 0.05) is 28.7 Å². The maximum absolute atomic E-state index is 14.0. The van der Waals surface area contributed by atoms with Crippen LogP contribution < -0.4 is 15.0 Å². The fourth-order valence-corrected chi connectivity index (χ4v) is 5.54. The van der Waals surface area contributed by atoms with E-state index in [1.807, 2.05) is 66.1 Å². The lowest BCUT2D eigenvalue weighted by Gasteiger charge is -2.44. The number of ether oxygens (including phenoxy) is 1. The number of methoxy groups -OCH3 is 1. The van der Waals surface area contributed by atoms with E-state index >= 15 is 0 Å². The molecule has 1 aliphatic carbocycles. The molecule has 5 rings (SSSR count). The van der Waals surface area contributed by atoms with E-state index in [-0.39, 0.29) is 17.9 Å². The molecule has 1 unspecified atom stereocenters. The van der Waals surface area contributed by atoms with Gasteiger partial charge in [-0.2, -0.15) is 0 Å². The third-order valence-corrected chi connectivity index (χ3v) is 7.43. The summed E-state index contributed by atoms with van der Waals surface area (Å²) in [6, 6.07) is 17.5. The molecule has 1 aliphatic heterocycles. The number of hydrogen-bond donors (Lipinski definition) is 1. The molecule has 178 valence electrons. The van der Waals surface area contributed by atoms with Crippen molar-refractivity contribution in [2.45, 2.75) is 70.0 Å². The molecule has 1 atom stereocenters. The summed E-state index contributed by atoms with van der Waals surface area (Å²) in [6.07, 6.45) is 7.96. The third kappa shape index (κ3) is 3.95. The molecule has 0 bridgehead atoms. The predicted molar refractivity (Wildman–Crippen MR) is 134 cm³/mol. The maximum Gasteiger partial charge on any atom is 0.275 e. The summed E-state index contributed by atoms with van der Waals surface area (Å²) in [5, 5.41) is 4.34. The Bertz CT molecular complexity index is 1210. The molecule has 6 heteroatoms. The molecule has 6 nitrogen and oxygen atoms in total. The van der Waals surface area contributed by atoms with Crippen LogP contribution in [0.5, 0.6) is 5.75 Å². The molecule has 2 heterocycles. The summed E-state index contributed by atoms with van der Waals surface area (Å²) in [5.41, 5.74) is 1.15. The van der Waals surface area contributed by atoms with Crippen molar-refractivity contribution in [3.05, 3.63) is 60.3 Å². The number of para-hydroxylation sites is 1. The van der Waals surface area contributed by atoms with Gasteiger partial charge in [0.1, 0.15) is 17.0 Å². The van der Waals surface area contributed by atoms with Crippen LogP contribution in [0.1, 0.15) is 62.4 Å². The van der Waals surface area contributed by atoms with Gasteiger partial charge in [-0.1, -0.05) is 56.4 Å². The number of nitrogens with one attached hydrogen (secondary N) is 1. The van der Waals surface area contributed by atoms with Crippen LogP contribution in [0, 0.1) is 0 Å². The van der Waals surface area contributed by atoms with E-state index in [0.29, 0.717) is 23.7 Å². The highest BCUT2D eigenvalue weighted by Crippen LogP contribution is 2.37. The standard InChI is InChI=1S/C28H33N3O3/c1-28(27(33)29-21-12-6-4-3-5-7-13-21)19-30-24-16-9-8-11-20(24)17-25(30)26(32)31(28)22-14-10-15-23(18-22)34-2/h8-11,14-18,21H,3-7,12-13,19H2,1-2H3,(H,29,33). The summed E-state index contributed by atoms with van der Waals surface area (Å²) < 4.78 is 7.44. The van der Waals surface area contributed by atoms with Crippen molar-refractivity contribution in [1.82, 2.24) is 9.88 Å². The van der Waals surface area contributed by atoms with E-state index in [1.54, 1.807) is 12.0 Å². The van der Waals surface area contributed by atoms with E-state index in [0.717, 1.165) is 36.6 Å². The molecule has 2 amide bonds. The maximum atomic E-state index is 14.0. The van der Waals surface area contributed by atoms with Crippen LogP contribution in [0.15, 0.2) is 54.6 Å².